The van der Waals surface area contributed by atoms with Crippen LogP contribution in [0, 0.1) is 5.92 Å². The molecule has 1 aromatic rings. The van der Waals surface area contributed by atoms with Gasteiger partial charge in [-0.1, -0.05) is 32.4 Å². The van der Waals surface area contributed by atoms with Gasteiger partial charge in [0.2, 0.25) is 5.91 Å². The number of fused-ring (bicyclic) bond motifs is 1. The number of hydrogen-bond acceptors (Lipinski definition) is 3. The van der Waals surface area contributed by atoms with Crippen LogP contribution in [0.3, 0.4) is 0 Å². The molecule has 20 heavy (non-hydrogen) atoms. The number of carbonyl (C=O) groups excluding carboxylic acids is 1. The Balaban J connectivity index is 1.93. The first-order valence-electron chi connectivity index (χ1n) is 7.39. The molecule has 0 fully saturated rings. The Morgan fingerprint density at radius 2 is 2.25 bits per heavy atom. The van der Waals surface area contributed by atoms with E-state index in [2.05, 4.69) is 42.4 Å². The van der Waals surface area contributed by atoms with E-state index in [9.17, 15) is 4.79 Å². The molecule has 0 spiro atoms. The maximum atomic E-state index is 12.0. The van der Waals surface area contributed by atoms with Crippen molar-refractivity contribution in [2.75, 3.05) is 18.5 Å². The maximum Gasteiger partial charge on any atom is 0.237 e. The first kappa shape index (κ1) is 14.9. The fourth-order valence-electron chi connectivity index (χ4n) is 2.55. The van der Waals surface area contributed by atoms with Gasteiger partial charge < -0.3 is 16.0 Å². The lowest BCUT2D eigenvalue weighted by Gasteiger charge is -2.18. The fraction of sp³-hybridized carbons (Fsp3) is 0.562. The van der Waals surface area contributed by atoms with Crippen LogP contribution in [0.4, 0.5) is 5.69 Å². The van der Waals surface area contributed by atoms with Crippen molar-refractivity contribution in [2.24, 2.45) is 11.7 Å². The van der Waals surface area contributed by atoms with E-state index < -0.39 is 6.04 Å². The fourth-order valence-corrected chi connectivity index (χ4v) is 2.55. The molecule has 110 valence electrons. The second-order valence-electron chi connectivity index (χ2n) is 5.76. The van der Waals surface area contributed by atoms with Crippen LogP contribution < -0.4 is 16.0 Å². The molecule has 2 rings (SSSR count). The molecule has 1 aromatic carbocycles. The minimum absolute atomic E-state index is 0.0584. The van der Waals surface area contributed by atoms with Crippen LogP contribution in [-0.2, 0) is 17.8 Å². The summed E-state index contributed by atoms with van der Waals surface area (Å²) in [6.45, 7) is 5.69. The normalized spacial score (nSPS) is 16.7. The second-order valence-corrected chi connectivity index (χ2v) is 5.76. The molecule has 1 heterocycles. The van der Waals surface area contributed by atoms with Gasteiger partial charge in [-0.15, -0.1) is 0 Å². The molecule has 0 aromatic heterocycles. The van der Waals surface area contributed by atoms with Gasteiger partial charge >= 0.3 is 0 Å². The summed E-state index contributed by atoms with van der Waals surface area (Å²) in [5.41, 5.74) is 9.74. The summed E-state index contributed by atoms with van der Waals surface area (Å²) in [6.07, 6.45) is 2.00. The number of likely N-dealkylation sites (N-methyl/N-ethyl adjacent to an activating group) is 1. The van der Waals surface area contributed by atoms with Gasteiger partial charge in [-0.3, -0.25) is 4.79 Å². The van der Waals surface area contributed by atoms with Crippen LogP contribution in [0.5, 0.6) is 0 Å². The molecule has 1 unspecified atom stereocenters. The van der Waals surface area contributed by atoms with Crippen molar-refractivity contribution in [3.8, 4) is 0 Å². The zero-order valence-electron chi connectivity index (χ0n) is 12.6. The summed E-state index contributed by atoms with van der Waals surface area (Å²) < 4.78 is 0. The molecule has 0 saturated carbocycles. The number of hydrogen-bond donors (Lipinski definition) is 2. The molecule has 0 bridgehead atoms. The molecule has 4 nitrogen and oxygen atoms in total. The van der Waals surface area contributed by atoms with Crippen molar-refractivity contribution >= 4 is 11.6 Å². The summed E-state index contributed by atoms with van der Waals surface area (Å²) in [5, 5.41) is 2.94. The lowest BCUT2D eigenvalue weighted by Crippen LogP contribution is -2.44. The lowest BCUT2D eigenvalue weighted by atomic mass is 9.99. The molecule has 4 heteroatoms. The average molecular weight is 275 g/mol. The highest BCUT2D eigenvalue weighted by atomic mass is 16.2. The maximum absolute atomic E-state index is 12.0. The summed E-state index contributed by atoms with van der Waals surface area (Å²) in [6, 6.07) is 5.99. The average Bonchev–Trinajstić information content (AvgIpc) is 2.84. The van der Waals surface area contributed by atoms with E-state index in [4.69, 9.17) is 5.73 Å². The van der Waals surface area contributed by atoms with Gasteiger partial charge in [0.1, 0.15) is 0 Å². The van der Waals surface area contributed by atoms with E-state index in [0.717, 1.165) is 24.9 Å². The lowest BCUT2D eigenvalue weighted by molar-refractivity contribution is -0.123. The third kappa shape index (κ3) is 3.12. The molecular weight excluding hydrogens is 250 g/mol. The second kappa shape index (κ2) is 6.27. The van der Waals surface area contributed by atoms with Crippen molar-refractivity contribution in [2.45, 2.75) is 39.3 Å². The van der Waals surface area contributed by atoms with E-state index in [1.165, 1.54) is 11.3 Å². The molecule has 0 aliphatic carbocycles. The monoisotopic (exact) mass is 275 g/mol. The van der Waals surface area contributed by atoms with Gasteiger partial charge in [-0.25, -0.2) is 0 Å². The van der Waals surface area contributed by atoms with Gasteiger partial charge in [-0.2, -0.15) is 0 Å². The Kier molecular flexibility index (Phi) is 4.65. The van der Waals surface area contributed by atoms with Gasteiger partial charge in [0.05, 0.1) is 6.04 Å². The van der Waals surface area contributed by atoms with Gasteiger partial charge in [-0.05, 0) is 29.5 Å². The minimum Gasteiger partial charge on any atom is -0.374 e. The largest absolute Gasteiger partial charge is 0.374 e. The smallest absolute Gasteiger partial charge is 0.237 e. The number of carbonyl (C=O) groups is 1. The molecule has 1 aliphatic heterocycles. The van der Waals surface area contributed by atoms with Gasteiger partial charge in [0.15, 0.2) is 0 Å². The quantitative estimate of drug-likeness (QED) is 0.859. The van der Waals surface area contributed by atoms with Crippen LogP contribution in [0.1, 0.15) is 31.4 Å². The van der Waals surface area contributed by atoms with Crippen molar-refractivity contribution in [3.05, 3.63) is 29.3 Å². The summed E-state index contributed by atoms with van der Waals surface area (Å²) in [7, 11) is 2.11. The Morgan fingerprint density at radius 3 is 2.95 bits per heavy atom. The third-order valence-electron chi connectivity index (χ3n) is 4.30. The molecular formula is C16H25N3O. The SMILES string of the molecule is CCC(C)[C@H](N)C(=O)NCc1ccc2c(c1)CCN2C. The minimum atomic E-state index is -0.416. The highest BCUT2D eigenvalue weighted by Gasteiger charge is 2.19. The number of nitrogens with one attached hydrogen (secondary N) is 1. The van der Waals surface area contributed by atoms with E-state index in [1.807, 2.05) is 6.92 Å². The van der Waals surface area contributed by atoms with Crippen LogP contribution in [-0.4, -0.2) is 25.5 Å². The molecule has 0 saturated heterocycles. The molecule has 2 atom stereocenters. The Hall–Kier alpha value is -1.55. The van der Waals surface area contributed by atoms with Gasteiger partial charge in [0.25, 0.3) is 0 Å². The van der Waals surface area contributed by atoms with Crippen LogP contribution in [0.15, 0.2) is 18.2 Å². The number of nitrogens with zero attached hydrogens (tertiary/aromatic N) is 1. The number of amides is 1. The Bertz CT molecular complexity index is 487. The van der Waals surface area contributed by atoms with Crippen LogP contribution in [0.25, 0.3) is 0 Å². The number of nitrogens with two attached hydrogens (primary N) is 1. The molecule has 1 aliphatic rings. The summed E-state index contributed by atoms with van der Waals surface area (Å²) >= 11 is 0. The zero-order chi connectivity index (χ0) is 14.7. The summed E-state index contributed by atoms with van der Waals surface area (Å²) in [4.78, 5) is 14.2. The molecule has 0 radical (unpaired) electrons. The highest BCUT2D eigenvalue weighted by Crippen LogP contribution is 2.27. The first-order valence-corrected chi connectivity index (χ1v) is 7.39. The van der Waals surface area contributed by atoms with Gasteiger partial charge in [0, 0.05) is 25.8 Å². The zero-order valence-corrected chi connectivity index (χ0v) is 12.6. The molecule has 3 N–H and O–H groups in total. The first-order chi connectivity index (χ1) is 9.52. The summed E-state index contributed by atoms with van der Waals surface area (Å²) in [5.74, 6) is 0.153. The Morgan fingerprint density at radius 1 is 1.50 bits per heavy atom. The van der Waals surface area contributed by atoms with Crippen molar-refractivity contribution in [3.63, 3.8) is 0 Å². The predicted octanol–water partition coefficient (Wildman–Crippen LogP) is 1.67. The van der Waals surface area contributed by atoms with E-state index in [-0.39, 0.29) is 11.8 Å². The number of benzene rings is 1. The number of anilines is 1. The van der Waals surface area contributed by atoms with E-state index in [0.29, 0.717) is 6.54 Å². The topological polar surface area (TPSA) is 58.4 Å². The third-order valence-corrected chi connectivity index (χ3v) is 4.30. The van der Waals surface area contributed by atoms with Crippen LogP contribution in [0.2, 0.25) is 0 Å². The standard InChI is InChI=1S/C16H25N3O/c1-4-11(2)15(17)16(20)18-10-12-5-6-14-13(9-12)7-8-19(14)3/h5-6,9,11,15H,4,7-8,10,17H2,1-3H3,(H,18,20)/t11?,15-/m0/s1. The van der Waals surface area contributed by atoms with E-state index >= 15 is 0 Å². The number of rotatable bonds is 5. The van der Waals surface area contributed by atoms with Crippen LogP contribution >= 0.6 is 0 Å². The van der Waals surface area contributed by atoms with Crippen molar-refractivity contribution in [1.29, 1.82) is 0 Å². The van der Waals surface area contributed by atoms with Crippen molar-refractivity contribution < 1.29 is 4.79 Å². The molecule has 1 amide bonds. The van der Waals surface area contributed by atoms with Crippen molar-refractivity contribution in [1.82, 2.24) is 5.32 Å². The predicted molar refractivity (Wildman–Crippen MR) is 82.7 cm³/mol. The highest BCUT2D eigenvalue weighted by molar-refractivity contribution is 5.81. The van der Waals surface area contributed by atoms with E-state index in [1.54, 1.807) is 0 Å². The Labute approximate surface area is 121 Å².